The van der Waals surface area contributed by atoms with E-state index < -0.39 is 0 Å². The third-order valence-electron chi connectivity index (χ3n) is 1.09. The number of aliphatic hydroxyl groups is 1. The van der Waals surface area contributed by atoms with Crippen LogP contribution in [0.3, 0.4) is 0 Å². The molecule has 0 spiro atoms. The van der Waals surface area contributed by atoms with Crippen molar-refractivity contribution >= 4 is 27.9 Å². The fourth-order valence-corrected chi connectivity index (χ4v) is 0.679. The predicted molar refractivity (Wildman–Crippen MR) is 69.7 cm³/mol. The minimum Gasteiger partial charge on any atom is -0.453 e. The molecule has 0 aromatic carbocycles. The summed E-state index contributed by atoms with van der Waals surface area (Å²) in [6.07, 6.45) is 0. The van der Waals surface area contributed by atoms with Gasteiger partial charge in [0.05, 0.1) is 5.33 Å². The lowest BCUT2D eigenvalue weighted by atomic mass is 10.6. The molecule has 0 aliphatic heterocycles. The number of hydrogen-bond donors (Lipinski definition) is 1. The van der Waals surface area contributed by atoms with Gasteiger partial charge in [-0.25, -0.2) is 0 Å². The summed E-state index contributed by atoms with van der Waals surface area (Å²) in [7, 11) is 0. The molecule has 100 valence electrons. The molecule has 0 saturated carbocycles. The fraction of sp³-hybridized carbons (Fsp3) is 0.500. The van der Waals surface area contributed by atoms with Gasteiger partial charge in [0.15, 0.2) is 13.2 Å². The lowest BCUT2D eigenvalue weighted by molar-refractivity contribution is -0.140. The normalized spacial score (nSPS) is 7.33. The average Bonchev–Trinajstić information content (AvgIpc) is 2.31. The summed E-state index contributed by atoms with van der Waals surface area (Å²) in [5.41, 5.74) is 0. The monoisotopic (exact) mass is 318 g/mol. The van der Waals surface area contributed by atoms with Crippen molar-refractivity contribution in [3.63, 3.8) is 0 Å². The van der Waals surface area contributed by atoms with Crippen LogP contribution in [0.25, 0.3) is 0 Å². The number of ether oxygens (including phenoxy) is 2. The Morgan fingerprint density at radius 3 is 1.78 bits per heavy atom. The molecule has 0 heterocycles. The topological polar surface area (TPSA) is 72.8 Å². The van der Waals surface area contributed by atoms with E-state index in [1.165, 1.54) is 13.8 Å². The maximum atomic E-state index is 10.1. The van der Waals surface area contributed by atoms with E-state index in [4.69, 9.17) is 5.11 Å². The number of hydrogen-bond acceptors (Lipinski definition) is 5. The van der Waals surface area contributed by atoms with Crippen molar-refractivity contribution in [3.8, 4) is 23.7 Å². The number of carbonyl (C=O) groups is 2. The molecule has 1 N–H and O–H groups in total. The number of esters is 2. The smallest absolute Gasteiger partial charge is 0.303 e. The van der Waals surface area contributed by atoms with Gasteiger partial charge in [-0.15, -0.1) is 0 Å². The zero-order valence-corrected chi connectivity index (χ0v) is 11.9. The Morgan fingerprint density at radius 1 is 1.00 bits per heavy atom. The van der Waals surface area contributed by atoms with Crippen molar-refractivity contribution in [1.82, 2.24) is 0 Å². The van der Waals surface area contributed by atoms with E-state index in [-0.39, 0.29) is 31.8 Å². The van der Waals surface area contributed by atoms with Gasteiger partial charge in [-0.3, -0.25) is 9.59 Å². The maximum absolute atomic E-state index is 10.1. The first kappa shape index (κ1) is 18.9. The molecule has 0 aliphatic rings. The first-order valence-corrected chi connectivity index (χ1v) is 6.01. The van der Waals surface area contributed by atoms with Crippen LogP contribution in [0.15, 0.2) is 0 Å². The lowest BCUT2D eigenvalue weighted by Gasteiger charge is -1.90. The molecule has 0 aliphatic carbocycles. The van der Waals surface area contributed by atoms with Gasteiger partial charge >= 0.3 is 11.9 Å². The molecule has 0 aromatic rings. The van der Waals surface area contributed by atoms with E-state index in [0.717, 1.165) is 0 Å². The molecule has 0 saturated heterocycles. The van der Waals surface area contributed by atoms with Crippen molar-refractivity contribution in [1.29, 1.82) is 0 Å². The van der Waals surface area contributed by atoms with Gasteiger partial charge in [-0.2, -0.15) is 0 Å². The Balaban J connectivity index is 0. The average molecular weight is 319 g/mol. The highest BCUT2D eigenvalue weighted by Gasteiger charge is 1.85. The molecule has 0 aromatic heterocycles. The zero-order chi connectivity index (χ0) is 14.2. The molecule has 0 radical (unpaired) electrons. The highest BCUT2D eigenvalue weighted by atomic mass is 79.9. The zero-order valence-electron chi connectivity index (χ0n) is 10.3. The fourth-order valence-electron chi connectivity index (χ4n) is 0.481. The van der Waals surface area contributed by atoms with Gasteiger partial charge in [0, 0.05) is 13.8 Å². The van der Waals surface area contributed by atoms with E-state index >= 15 is 0 Å². The maximum Gasteiger partial charge on any atom is 0.303 e. The second kappa shape index (κ2) is 15.5. The molecule has 0 rings (SSSR count). The molecule has 0 atom stereocenters. The van der Waals surface area contributed by atoms with Crippen LogP contribution in [-0.2, 0) is 19.1 Å². The first-order valence-electron chi connectivity index (χ1n) is 4.89. The highest BCUT2D eigenvalue weighted by Crippen LogP contribution is 1.75. The quantitative estimate of drug-likeness (QED) is 0.456. The molecule has 18 heavy (non-hydrogen) atoms. The van der Waals surface area contributed by atoms with Gasteiger partial charge in [-0.05, 0) is 0 Å². The van der Waals surface area contributed by atoms with Crippen molar-refractivity contribution in [3.05, 3.63) is 0 Å². The highest BCUT2D eigenvalue weighted by molar-refractivity contribution is 9.09. The Morgan fingerprint density at radius 2 is 1.44 bits per heavy atom. The summed E-state index contributed by atoms with van der Waals surface area (Å²) >= 11 is 3.10. The Hall–Kier alpha value is -1.50. The minimum atomic E-state index is -0.359. The lowest BCUT2D eigenvalue weighted by Crippen LogP contribution is -1.97. The van der Waals surface area contributed by atoms with Gasteiger partial charge in [0.1, 0.15) is 6.61 Å². The van der Waals surface area contributed by atoms with Crippen molar-refractivity contribution in [2.24, 2.45) is 0 Å². The summed E-state index contributed by atoms with van der Waals surface area (Å²) < 4.78 is 8.93. The number of aliphatic hydroxyl groups excluding tert-OH is 1. The molecule has 0 bridgehead atoms. The van der Waals surface area contributed by atoms with Gasteiger partial charge in [-0.1, -0.05) is 39.6 Å². The predicted octanol–water partition coefficient (Wildman–Crippen LogP) is 0.493. The van der Waals surface area contributed by atoms with Crippen LogP contribution >= 0.6 is 15.9 Å². The SMILES string of the molecule is CC(=O)OCC#CCBr.CC(=O)OCC#CCO. The molecule has 5 nitrogen and oxygen atoms in total. The molecule has 0 amide bonds. The minimum absolute atomic E-state index is 0.0654. The summed E-state index contributed by atoms with van der Waals surface area (Å²) in [6.45, 7) is 2.73. The van der Waals surface area contributed by atoms with Crippen LogP contribution in [0, 0.1) is 23.7 Å². The third-order valence-corrected chi connectivity index (χ3v) is 1.37. The largest absolute Gasteiger partial charge is 0.453 e. The summed E-state index contributed by atoms with van der Waals surface area (Å²) in [5.74, 6) is 9.42. The Labute approximate surface area is 115 Å². The van der Waals surface area contributed by atoms with E-state index in [0.29, 0.717) is 5.33 Å². The van der Waals surface area contributed by atoms with E-state index in [1.54, 1.807) is 0 Å². The molecular formula is C12H15BrO5. The van der Waals surface area contributed by atoms with Gasteiger partial charge < -0.3 is 14.6 Å². The molecule has 6 heteroatoms. The van der Waals surface area contributed by atoms with Crippen LogP contribution in [0.4, 0.5) is 0 Å². The number of halogens is 1. The Bertz CT molecular complexity index is 320. The third kappa shape index (κ3) is 24.0. The van der Waals surface area contributed by atoms with Crippen LogP contribution in [-0.4, -0.2) is 42.2 Å². The van der Waals surface area contributed by atoms with Crippen LogP contribution in [0.1, 0.15) is 13.8 Å². The van der Waals surface area contributed by atoms with E-state index in [1.807, 2.05) is 0 Å². The number of rotatable bonds is 2. The molecule has 0 fully saturated rings. The second-order valence-corrected chi connectivity index (χ2v) is 3.12. The number of alkyl halides is 1. The van der Waals surface area contributed by atoms with E-state index in [9.17, 15) is 9.59 Å². The second-order valence-electron chi connectivity index (χ2n) is 2.56. The first-order chi connectivity index (χ1) is 8.54. The van der Waals surface area contributed by atoms with Crippen molar-refractivity contribution in [2.75, 3.05) is 25.2 Å². The van der Waals surface area contributed by atoms with Crippen molar-refractivity contribution in [2.45, 2.75) is 13.8 Å². The van der Waals surface area contributed by atoms with Crippen molar-refractivity contribution < 1.29 is 24.2 Å². The Kier molecular flexibility index (Phi) is 16.2. The van der Waals surface area contributed by atoms with E-state index in [2.05, 4.69) is 49.1 Å². The number of carbonyl (C=O) groups excluding carboxylic acids is 2. The summed E-state index contributed by atoms with van der Waals surface area (Å²) in [4.78, 5) is 20.2. The summed E-state index contributed by atoms with van der Waals surface area (Å²) in [5, 5.41) is 8.74. The standard InChI is InChI=1S/C6H7BrO2.C6H8O3/c2*1-6(8)9-5-3-2-4-7/h4-5H2,1H3;7H,4-5H2,1H3. The van der Waals surface area contributed by atoms with Crippen LogP contribution in [0.2, 0.25) is 0 Å². The molecule has 0 unspecified atom stereocenters. The van der Waals surface area contributed by atoms with Crippen LogP contribution < -0.4 is 0 Å². The van der Waals surface area contributed by atoms with Gasteiger partial charge in [0.25, 0.3) is 0 Å². The summed E-state index contributed by atoms with van der Waals surface area (Å²) in [6, 6.07) is 0. The molecular weight excluding hydrogens is 304 g/mol. The van der Waals surface area contributed by atoms with Gasteiger partial charge in [0.2, 0.25) is 0 Å². The van der Waals surface area contributed by atoms with Crippen LogP contribution in [0.5, 0.6) is 0 Å².